The molecule has 0 spiro atoms. The number of fused-ring (bicyclic) bond motifs is 1. The van der Waals surface area contributed by atoms with Crippen molar-refractivity contribution in [3.05, 3.63) is 70.3 Å². The average molecular weight is 350 g/mol. The molecule has 6 heteroatoms. The van der Waals surface area contributed by atoms with Crippen LogP contribution in [0.15, 0.2) is 53.3 Å². The number of hydrogen-bond donors (Lipinski definition) is 2. The molecular weight excluding hydrogens is 328 g/mol. The molecule has 3 aromatic rings. The molecule has 2 aromatic carbocycles. The third kappa shape index (κ3) is 4.34. The summed E-state index contributed by atoms with van der Waals surface area (Å²) in [6.07, 6.45) is 0. The lowest BCUT2D eigenvalue weighted by molar-refractivity contribution is -0.117. The third-order valence-corrected chi connectivity index (χ3v) is 4.15. The molecular formula is C20H22N4O2. The van der Waals surface area contributed by atoms with Crippen LogP contribution < -0.4 is 10.9 Å². The van der Waals surface area contributed by atoms with Crippen LogP contribution in [0.3, 0.4) is 0 Å². The van der Waals surface area contributed by atoms with E-state index in [1.54, 1.807) is 6.07 Å². The van der Waals surface area contributed by atoms with Gasteiger partial charge in [0.15, 0.2) is 0 Å². The Morgan fingerprint density at radius 3 is 2.77 bits per heavy atom. The van der Waals surface area contributed by atoms with Crippen molar-refractivity contribution in [2.45, 2.75) is 20.4 Å². The van der Waals surface area contributed by atoms with Gasteiger partial charge in [-0.25, -0.2) is 4.98 Å². The number of likely N-dealkylation sites (N-methyl/N-ethyl adjacent to an activating group) is 1. The molecule has 0 aliphatic rings. The number of rotatable bonds is 6. The minimum absolute atomic E-state index is 0.0967. The van der Waals surface area contributed by atoms with E-state index in [9.17, 15) is 9.59 Å². The molecule has 26 heavy (non-hydrogen) atoms. The van der Waals surface area contributed by atoms with Crippen molar-refractivity contribution in [2.24, 2.45) is 0 Å². The van der Waals surface area contributed by atoms with Crippen LogP contribution in [0.25, 0.3) is 10.9 Å². The molecule has 6 nitrogen and oxygen atoms in total. The van der Waals surface area contributed by atoms with Gasteiger partial charge in [-0.3, -0.25) is 14.5 Å². The van der Waals surface area contributed by atoms with Gasteiger partial charge in [0.25, 0.3) is 5.56 Å². The first kappa shape index (κ1) is 17.8. The van der Waals surface area contributed by atoms with Crippen molar-refractivity contribution in [2.75, 3.05) is 18.4 Å². The molecule has 0 saturated heterocycles. The monoisotopic (exact) mass is 350 g/mol. The first-order valence-corrected chi connectivity index (χ1v) is 8.62. The predicted molar refractivity (Wildman–Crippen MR) is 103 cm³/mol. The molecule has 1 amide bonds. The number of nitrogens with one attached hydrogen (secondary N) is 2. The molecule has 0 fully saturated rings. The van der Waals surface area contributed by atoms with Crippen molar-refractivity contribution in [3.8, 4) is 0 Å². The maximum Gasteiger partial charge on any atom is 0.258 e. The van der Waals surface area contributed by atoms with Gasteiger partial charge in [-0.05, 0) is 43.3 Å². The third-order valence-electron chi connectivity index (χ3n) is 4.15. The molecule has 3 rings (SSSR count). The standard InChI is InChI=1S/C20H22N4O2/c1-3-24(13-19(25)21-15-8-6-7-14(2)11-15)12-18-22-17-10-5-4-9-16(17)20(26)23-18/h4-11H,3,12-13H2,1-2H3,(H,21,25)(H,22,23,26). The smallest absolute Gasteiger partial charge is 0.258 e. The van der Waals surface area contributed by atoms with Crippen molar-refractivity contribution < 1.29 is 4.79 Å². The highest BCUT2D eigenvalue weighted by atomic mass is 16.2. The van der Waals surface area contributed by atoms with Crippen LogP contribution >= 0.6 is 0 Å². The predicted octanol–water partition coefficient (Wildman–Crippen LogP) is 2.69. The van der Waals surface area contributed by atoms with Crippen LogP contribution in [0, 0.1) is 6.92 Å². The van der Waals surface area contributed by atoms with E-state index in [0.29, 0.717) is 29.8 Å². The number of para-hydroxylation sites is 1. The summed E-state index contributed by atoms with van der Waals surface area (Å²) in [5, 5.41) is 3.47. The minimum Gasteiger partial charge on any atom is -0.325 e. The number of carbonyl (C=O) groups excluding carboxylic acids is 1. The molecule has 0 radical (unpaired) electrons. The second-order valence-electron chi connectivity index (χ2n) is 6.25. The fraction of sp³-hybridized carbons (Fsp3) is 0.250. The summed E-state index contributed by atoms with van der Waals surface area (Å²) in [4.78, 5) is 33.7. The number of aryl methyl sites for hydroxylation is 1. The topological polar surface area (TPSA) is 78.1 Å². The highest BCUT2D eigenvalue weighted by Gasteiger charge is 2.12. The van der Waals surface area contributed by atoms with Crippen LogP contribution in [0.2, 0.25) is 0 Å². The number of anilines is 1. The largest absolute Gasteiger partial charge is 0.325 e. The molecule has 0 aliphatic carbocycles. The van der Waals surface area contributed by atoms with E-state index >= 15 is 0 Å². The Bertz CT molecular complexity index is 981. The van der Waals surface area contributed by atoms with Gasteiger partial charge < -0.3 is 10.3 Å². The van der Waals surface area contributed by atoms with Gasteiger partial charge >= 0.3 is 0 Å². The van der Waals surface area contributed by atoms with Gasteiger partial charge in [0.1, 0.15) is 5.82 Å². The first-order chi connectivity index (χ1) is 12.5. The average Bonchev–Trinajstić information content (AvgIpc) is 2.61. The zero-order chi connectivity index (χ0) is 18.5. The SMILES string of the molecule is CCN(CC(=O)Nc1cccc(C)c1)Cc1nc2ccccc2c(=O)[nH]1. The molecule has 0 atom stereocenters. The first-order valence-electron chi connectivity index (χ1n) is 8.62. The summed E-state index contributed by atoms with van der Waals surface area (Å²) >= 11 is 0. The van der Waals surface area contributed by atoms with E-state index in [-0.39, 0.29) is 18.0 Å². The Morgan fingerprint density at radius 1 is 1.19 bits per heavy atom. The Kier molecular flexibility index (Phi) is 5.43. The summed E-state index contributed by atoms with van der Waals surface area (Å²) in [6.45, 7) is 5.24. The van der Waals surface area contributed by atoms with Crippen LogP contribution in [0.5, 0.6) is 0 Å². The molecule has 1 aromatic heterocycles. The normalized spacial score (nSPS) is 11.0. The van der Waals surface area contributed by atoms with E-state index in [0.717, 1.165) is 11.3 Å². The fourth-order valence-electron chi connectivity index (χ4n) is 2.83. The summed E-state index contributed by atoms with van der Waals surface area (Å²) in [5.41, 5.74) is 2.37. The second-order valence-corrected chi connectivity index (χ2v) is 6.25. The Hall–Kier alpha value is -2.99. The van der Waals surface area contributed by atoms with Crippen LogP contribution in [-0.2, 0) is 11.3 Å². The maximum absolute atomic E-state index is 12.3. The number of H-pyrrole nitrogens is 1. The highest BCUT2D eigenvalue weighted by Crippen LogP contribution is 2.10. The van der Waals surface area contributed by atoms with Crippen molar-refractivity contribution >= 4 is 22.5 Å². The van der Waals surface area contributed by atoms with Gasteiger partial charge in [-0.15, -0.1) is 0 Å². The van der Waals surface area contributed by atoms with E-state index in [2.05, 4.69) is 15.3 Å². The molecule has 0 aliphatic heterocycles. The fourth-order valence-corrected chi connectivity index (χ4v) is 2.83. The van der Waals surface area contributed by atoms with E-state index in [4.69, 9.17) is 0 Å². The van der Waals surface area contributed by atoms with E-state index in [1.807, 2.05) is 61.2 Å². The molecule has 0 saturated carbocycles. The number of carbonyl (C=O) groups is 1. The Balaban J connectivity index is 1.69. The zero-order valence-corrected chi connectivity index (χ0v) is 15.0. The van der Waals surface area contributed by atoms with Gasteiger partial charge in [-0.1, -0.05) is 31.2 Å². The quantitative estimate of drug-likeness (QED) is 0.716. The van der Waals surface area contributed by atoms with Gasteiger partial charge in [0.2, 0.25) is 5.91 Å². The van der Waals surface area contributed by atoms with Crippen molar-refractivity contribution in [1.82, 2.24) is 14.9 Å². The van der Waals surface area contributed by atoms with Crippen LogP contribution in [-0.4, -0.2) is 33.9 Å². The molecule has 134 valence electrons. The minimum atomic E-state index is -0.161. The summed E-state index contributed by atoms with van der Waals surface area (Å²) in [5.74, 6) is 0.458. The number of benzene rings is 2. The van der Waals surface area contributed by atoms with Crippen LogP contribution in [0.4, 0.5) is 5.69 Å². The molecule has 0 unspecified atom stereocenters. The highest BCUT2D eigenvalue weighted by molar-refractivity contribution is 5.92. The zero-order valence-electron chi connectivity index (χ0n) is 15.0. The lowest BCUT2D eigenvalue weighted by Gasteiger charge is -2.19. The lowest BCUT2D eigenvalue weighted by Crippen LogP contribution is -2.33. The summed E-state index contributed by atoms with van der Waals surface area (Å²) < 4.78 is 0. The van der Waals surface area contributed by atoms with Crippen LogP contribution in [0.1, 0.15) is 18.3 Å². The van der Waals surface area contributed by atoms with Gasteiger partial charge in [0.05, 0.1) is 24.0 Å². The second kappa shape index (κ2) is 7.93. The summed E-state index contributed by atoms with van der Waals surface area (Å²) in [7, 11) is 0. The molecule has 2 N–H and O–H groups in total. The number of amides is 1. The molecule has 0 bridgehead atoms. The van der Waals surface area contributed by atoms with Gasteiger partial charge in [0, 0.05) is 5.69 Å². The summed E-state index contributed by atoms with van der Waals surface area (Å²) in [6, 6.07) is 14.9. The number of nitrogens with zero attached hydrogens (tertiary/aromatic N) is 2. The Labute approximate surface area is 151 Å². The Morgan fingerprint density at radius 2 is 2.00 bits per heavy atom. The van der Waals surface area contributed by atoms with Crippen molar-refractivity contribution in [1.29, 1.82) is 0 Å². The van der Waals surface area contributed by atoms with Crippen molar-refractivity contribution in [3.63, 3.8) is 0 Å². The van der Waals surface area contributed by atoms with Gasteiger partial charge in [-0.2, -0.15) is 0 Å². The number of hydrogen-bond acceptors (Lipinski definition) is 4. The number of aromatic nitrogens is 2. The van der Waals surface area contributed by atoms with E-state index < -0.39 is 0 Å². The number of aromatic amines is 1. The lowest BCUT2D eigenvalue weighted by atomic mass is 10.2. The molecule has 1 heterocycles. The maximum atomic E-state index is 12.3. The van der Waals surface area contributed by atoms with E-state index in [1.165, 1.54) is 0 Å².